The van der Waals surface area contributed by atoms with Crippen molar-refractivity contribution in [2.75, 3.05) is 7.05 Å². The van der Waals surface area contributed by atoms with E-state index in [2.05, 4.69) is 5.32 Å². The van der Waals surface area contributed by atoms with Gasteiger partial charge in [0.2, 0.25) is 0 Å². The Morgan fingerprint density at radius 2 is 1.89 bits per heavy atom. The van der Waals surface area contributed by atoms with Crippen molar-refractivity contribution in [2.24, 2.45) is 0 Å². The molecule has 2 amide bonds. The van der Waals surface area contributed by atoms with Gasteiger partial charge in [-0.3, -0.25) is 0 Å². The molecule has 104 valence electrons. The molecule has 0 aliphatic heterocycles. The maximum atomic E-state index is 11.8. The number of hydrogen-bond acceptors (Lipinski definition) is 2. The van der Waals surface area contributed by atoms with Gasteiger partial charge in [0.25, 0.3) is 0 Å². The number of amides is 2. The Balaban J connectivity index is 2.58. The molecule has 5 heteroatoms. The number of urea groups is 1. The van der Waals surface area contributed by atoms with Gasteiger partial charge in [-0.1, -0.05) is 19.1 Å². The van der Waals surface area contributed by atoms with Crippen molar-refractivity contribution in [1.29, 1.82) is 0 Å². The summed E-state index contributed by atoms with van der Waals surface area (Å²) in [5, 5.41) is 11.7. The first-order chi connectivity index (χ1) is 8.93. The van der Waals surface area contributed by atoms with Crippen LogP contribution in [-0.4, -0.2) is 35.1 Å². The standard InChI is InChI=1S/C14H20N2O3/c1-4-10(2)15-14(19)16(3)9-11-5-7-12(8-6-11)13(17)18/h5-8,10H,4,9H2,1-3H3,(H,15,19)(H,17,18). The van der Waals surface area contributed by atoms with Gasteiger partial charge in [-0.05, 0) is 31.0 Å². The van der Waals surface area contributed by atoms with E-state index in [1.165, 1.54) is 12.1 Å². The molecule has 0 aliphatic carbocycles. The smallest absolute Gasteiger partial charge is 0.335 e. The van der Waals surface area contributed by atoms with Crippen LogP contribution in [-0.2, 0) is 6.54 Å². The molecule has 0 radical (unpaired) electrons. The van der Waals surface area contributed by atoms with Gasteiger partial charge in [0.15, 0.2) is 0 Å². The summed E-state index contributed by atoms with van der Waals surface area (Å²) < 4.78 is 0. The minimum Gasteiger partial charge on any atom is -0.478 e. The van der Waals surface area contributed by atoms with Crippen molar-refractivity contribution < 1.29 is 14.7 Å². The van der Waals surface area contributed by atoms with Crippen LogP contribution in [0.25, 0.3) is 0 Å². The molecule has 0 heterocycles. The number of benzene rings is 1. The maximum absolute atomic E-state index is 11.8. The number of hydrogen-bond donors (Lipinski definition) is 2. The molecule has 0 saturated heterocycles. The summed E-state index contributed by atoms with van der Waals surface area (Å²) in [7, 11) is 1.71. The molecule has 1 aromatic rings. The van der Waals surface area contributed by atoms with Gasteiger partial charge in [-0.15, -0.1) is 0 Å². The van der Waals surface area contributed by atoms with Crippen molar-refractivity contribution in [3.63, 3.8) is 0 Å². The van der Waals surface area contributed by atoms with Crippen LogP contribution in [0, 0.1) is 0 Å². The fourth-order valence-corrected chi connectivity index (χ4v) is 1.52. The average molecular weight is 264 g/mol. The summed E-state index contributed by atoms with van der Waals surface area (Å²) in [6, 6.07) is 6.53. The van der Waals surface area contributed by atoms with Crippen LogP contribution < -0.4 is 5.32 Å². The maximum Gasteiger partial charge on any atom is 0.335 e. The van der Waals surface area contributed by atoms with Crippen molar-refractivity contribution in [2.45, 2.75) is 32.9 Å². The van der Waals surface area contributed by atoms with E-state index in [-0.39, 0.29) is 17.6 Å². The lowest BCUT2D eigenvalue weighted by Gasteiger charge is -2.20. The quantitative estimate of drug-likeness (QED) is 0.857. The SMILES string of the molecule is CCC(C)NC(=O)N(C)Cc1ccc(C(=O)O)cc1. The first-order valence-corrected chi connectivity index (χ1v) is 6.28. The molecule has 1 aromatic carbocycles. The van der Waals surface area contributed by atoms with Crippen molar-refractivity contribution in [3.05, 3.63) is 35.4 Å². The molecule has 0 aliphatic rings. The van der Waals surface area contributed by atoms with Crippen LogP contribution in [0.4, 0.5) is 4.79 Å². The number of carbonyl (C=O) groups excluding carboxylic acids is 1. The molecule has 1 rings (SSSR count). The van der Waals surface area contributed by atoms with Crippen LogP contribution in [0.5, 0.6) is 0 Å². The molecular formula is C14H20N2O3. The second-order valence-electron chi connectivity index (χ2n) is 4.62. The number of carboxylic acids is 1. The molecule has 0 aromatic heterocycles. The largest absolute Gasteiger partial charge is 0.478 e. The number of carboxylic acid groups (broad SMARTS) is 1. The fraction of sp³-hybridized carbons (Fsp3) is 0.429. The van der Waals surface area contributed by atoms with Crippen molar-refractivity contribution in [1.82, 2.24) is 10.2 Å². The third-order valence-corrected chi connectivity index (χ3v) is 2.95. The minimum absolute atomic E-state index is 0.128. The van der Waals surface area contributed by atoms with Gasteiger partial charge in [0, 0.05) is 19.6 Å². The first kappa shape index (κ1) is 15.0. The highest BCUT2D eigenvalue weighted by Gasteiger charge is 2.11. The highest BCUT2D eigenvalue weighted by Crippen LogP contribution is 2.07. The van der Waals surface area contributed by atoms with E-state index in [1.807, 2.05) is 13.8 Å². The van der Waals surface area contributed by atoms with Crippen LogP contribution in [0.2, 0.25) is 0 Å². The summed E-state index contributed by atoms with van der Waals surface area (Å²) in [5.41, 5.74) is 1.14. The van der Waals surface area contributed by atoms with E-state index in [9.17, 15) is 9.59 Å². The van der Waals surface area contributed by atoms with Gasteiger partial charge in [-0.25, -0.2) is 9.59 Å². The number of carbonyl (C=O) groups is 2. The number of rotatable bonds is 5. The fourth-order valence-electron chi connectivity index (χ4n) is 1.52. The van der Waals surface area contributed by atoms with E-state index < -0.39 is 5.97 Å². The lowest BCUT2D eigenvalue weighted by molar-refractivity contribution is 0.0697. The topological polar surface area (TPSA) is 69.6 Å². The molecule has 2 N–H and O–H groups in total. The normalized spacial score (nSPS) is 11.7. The number of nitrogens with zero attached hydrogens (tertiary/aromatic N) is 1. The Bertz CT molecular complexity index is 443. The van der Waals surface area contributed by atoms with Crippen molar-refractivity contribution >= 4 is 12.0 Å². The van der Waals surface area contributed by atoms with Crippen LogP contribution in [0.15, 0.2) is 24.3 Å². The Morgan fingerprint density at radius 1 is 1.32 bits per heavy atom. The first-order valence-electron chi connectivity index (χ1n) is 6.28. The lowest BCUT2D eigenvalue weighted by atomic mass is 10.1. The summed E-state index contributed by atoms with van der Waals surface area (Å²) in [4.78, 5) is 24.1. The zero-order valence-corrected chi connectivity index (χ0v) is 11.5. The second kappa shape index (κ2) is 6.78. The third kappa shape index (κ3) is 4.62. The molecule has 19 heavy (non-hydrogen) atoms. The molecule has 5 nitrogen and oxygen atoms in total. The van der Waals surface area contributed by atoms with Gasteiger partial charge in [-0.2, -0.15) is 0 Å². The molecule has 0 saturated carbocycles. The lowest BCUT2D eigenvalue weighted by Crippen LogP contribution is -2.41. The molecule has 0 spiro atoms. The van der Waals surface area contributed by atoms with E-state index in [1.54, 1.807) is 24.1 Å². The number of nitrogens with one attached hydrogen (secondary N) is 1. The predicted octanol–water partition coefficient (Wildman–Crippen LogP) is 2.32. The second-order valence-corrected chi connectivity index (χ2v) is 4.62. The highest BCUT2D eigenvalue weighted by atomic mass is 16.4. The zero-order chi connectivity index (χ0) is 14.4. The predicted molar refractivity (Wildman–Crippen MR) is 73.2 cm³/mol. The molecule has 0 fully saturated rings. The summed E-state index contributed by atoms with van der Waals surface area (Å²) >= 11 is 0. The molecular weight excluding hydrogens is 244 g/mol. The van der Waals surface area contributed by atoms with Gasteiger partial charge in [0.1, 0.15) is 0 Å². The summed E-state index contributed by atoms with van der Waals surface area (Å²) in [5.74, 6) is -0.950. The zero-order valence-electron chi connectivity index (χ0n) is 11.5. The monoisotopic (exact) mass is 264 g/mol. The highest BCUT2D eigenvalue weighted by molar-refractivity contribution is 5.87. The van der Waals surface area contributed by atoms with Gasteiger partial charge in [0.05, 0.1) is 5.56 Å². The Kier molecular flexibility index (Phi) is 5.36. The van der Waals surface area contributed by atoms with E-state index >= 15 is 0 Å². The van der Waals surface area contributed by atoms with Crippen molar-refractivity contribution in [3.8, 4) is 0 Å². The molecule has 1 unspecified atom stereocenters. The van der Waals surface area contributed by atoms with Crippen LogP contribution in [0.1, 0.15) is 36.2 Å². The summed E-state index contributed by atoms with van der Waals surface area (Å²) in [6.45, 7) is 4.41. The third-order valence-electron chi connectivity index (χ3n) is 2.95. The molecule has 0 bridgehead atoms. The Hall–Kier alpha value is -2.04. The average Bonchev–Trinajstić information content (AvgIpc) is 2.38. The van der Waals surface area contributed by atoms with Crippen LogP contribution >= 0.6 is 0 Å². The van der Waals surface area contributed by atoms with Crippen LogP contribution in [0.3, 0.4) is 0 Å². The van der Waals surface area contributed by atoms with E-state index in [0.29, 0.717) is 6.54 Å². The Labute approximate surface area is 113 Å². The Morgan fingerprint density at radius 3 is 2.37 bits per heavy atom. The van der Waals surface area contributed by atoms with E-state index in [4.69, 9.17) is 5.11 Å². The minimum atomic E-state index is -0.950. The van der Waals surface area contributed by atoms with Gasteiger partial charge >= 0.3 is 12.0 Å². The number of aromatic carboxylic acids is 1. The van der Waals surface area contributed by atoms with E-state index in [0.717, 1.165) is 12.0 Å². The van der Waals surface area contributed by atoms with Gasteiger partial charge < -0.3 is 15.3 Å². The molecule has 1 atom stereocenters. The summed E-state index contributed by atoms with van der Waals surface area (Å²) in [6.07, 6.45) is 0.882.